The molecule has 2 aromatic heterocycles. The minimum absolute atomic E-state index is 0.234. The SMILES string of the molecule is NNC(c1ncccc1F)c1ccnn1-c1ccccc1. The molecule has 3 aromatic rings. The second kappa shape index (κ2) is 5.82. The minimum Gasteiger partial charge on any atom is -0.270 e. The second-order valence-electron chi connectivity index (χ2n) is 4.47. The number of nitrogens with zero attached hydrogens (tertiary/aromatic N) is 3. The molecule has 0 saturated carbocycles. The summed E-state index contributed by atoms with van der Waals surface area (Å²) in [7, 11) is 0. The van der Waals surface area contributed by atoms with Crippen molar-refractivity contribution in [3.63, 3.8) is 0 Å². The zero-order valence-corrected chi connectivity index (χ0v) is 11.1. The Morgan fingerprint density at radius 2 is 1.86 bits per heavy atom. The van der Waals surface area contributed by atoms with E-state index >= 15 is 0 Å². The Hall–Kier alpha value is -2.57. The van der Waals surface area contributed by atoms with E-state index in [1.807, 2.05) is 30.3 Å². The molecule has 1 atom stereocenters. The van der Waals surface area contributed by atoms with Crippen LogP contribution in [0.4, 0.5) is 4.39 Å². The fourth-order valence-electron chi connectivity index (χ4n) is 2.23. The zero-order chi connectivity index (χ0) is 14.7. The lowest BCUT2D eigenvalue weighted by atomic mass is 10.1. The van der Waals surface area contributed by atoms with Crippen LogP contribution in [0, 0.1) is 5.82 Å². The average molecular weight is 283 g/mol. The minimum atomic E-state index is -0.589. The van der Waals surface area contributed by atoms with E-state index in [4.69, 9.17) is 5.84 Å². The number of rotatable bonds is 4. The van der Waals surface area contributed by atoms with E-state index in [1.165, 1.54) is 12.3 Å². The molecule has 0 aliphatic rings. The van der Waals surface area contributed by atoms with Crippen LogP contribution in [0.15, 0.2) is 60.9 Å². The summed E-state index contributed by atoms with van der Waals surface area (Å²) in [6, 6.07) is 13.7. The van der Waals surface area contributed by atoms with Crippen molar-refractivity contribution in [1.29, 1.82) is 0 Å². The van der Waals surface area contributed by atoms with Gasteiger partial charge in [-0.2, -0.15) is 5.10 Å². The number of benzene rings is 1. The van der Waals surface area contributed by atoms with Gasteiger partial charge in [0.05, 0.1) is 11.4 Å². The predicted octanol–water partition coefficient (Wildman–Crippen LogP) is 1.96. The number of hydrogen-bond donors (Lipinski definition) is 2. The predicted molar refractivity (Wildman–Crippen MR) is 76.9 cm³/mol. The van der Waals surface area contributed by atoms with Gasteiger partial charge >= 0.3 is 0 Å². The Kier molecular flexibility index (Phi) is 3.72. The van der Waals surface area contributed by atoms with Gasteiger partial charge in [0.2, 0.25) is 0 Å². The molecule has 21 heavy (non-hydrogen) atoms. The van der Waals surface area contributed by atoms with Gasteiger partial charge in [0.15, 0.2) is 0 Å². The molecule has 3 N–H and O–H groups in total. The highest BCUT2D eigenvalue weighted by molar-refractivity contribution is 5.35. The molecule has 0 amide bonds. The Morgan fingerprint density at radius 1 is 1.05 bits per heavy atom. The van der Waals surface area contributed by atoms with Gasteiger partial charge in [-0.25, -0.2) is 14.5 Å². The fourth-order valence-corrected chi connectivity index (χ4v) is 2.23. The van der Waals surface area contributed by atoms with Crippen LogP contribution in [-0.4, -0.2) is 14.8 Å². The first-order chi connectivity index (χ1) is 10.3. The molecule has 106 valence electrons. The van der Waals surface area contributed by atoms with Crippen molar-refractivity contribution >= 4 is 0 Å². The van der Waals surface area contributed by atoms with Crippen molar-refractivity contribution in [1.82, 2.24) is 20.2 Å². The summed E-state index contributed by atoms with van der Waals surface area (Å²) in [6.07, 6.45) is 3.18. The van der Waals surface area contributed by atoms with Crippen LogP contribution in [0.25, 0.3) is 5.69 Å². The van der Waals surface area contributed by atoms with Gasteiger partial charge < -0.3 is 0 Å². The average Bonchev–Trinajstić information content (AvgIpc) is 3.00. The van der Waals surface area contributed by atoms with Crippen LogP contribution in [0.2, 0.25) is 0 Å². The molecule has 6 heteroatoms. The number of hydrogen-bond acceptors (Lipinski definition) is 4. The molecule has 1 unspecified atom stereocenters. The van der Waals surface area contributed by atoms with Crippen molar-refractivity contribution < 1.29 is 4.39 Å². The Bertz CT molecular complexity index is 726. The molecule has 3 rings (SSSR count). The van der Waals surface area contributed by atoms with Crippen LogP contribution >= 0.6 is 0 Å². The quantitative estimate of drug-likeness (QED) is 0.567. The molecule has 0 radical (unpaired) electrons. The molecular formula is C15H14FN5. The summed E-state index contributed by atoms with van der Waals surface area (Å²) in [4.78, 5) is 4.08. The van der Waals surface area contributed by atoms with E-state index < -0.39 is 11.9 Å². The molecule has 1 aromatic carbocycles. The van der Waals surface area contributed by atoms with Gasteiger partial charge in [-0.3, -0.25) is 10.8 Å². The normalized spacial score (nSPS) is 12.3. The first-order valence-corrected chi connectivity index (χ1v) is 6.47. The number of nitrogens with two attached hydrogens (primary N) is 1. The number of pyridine rings is 1. The molecule has 0 aliphatic heterocycles. The third-order valence-corrected chi connectivity index (χ3v) is 3.20. The van der Waals surface area contributed by atoms with E-state index in [-0.39, 0.29) is 5.69 Å². The summed E-state index contributed by atoms with van der Waals surface area (Å²) in [5.41, 5.74) is 4.42. The van der Waals surface area contributed by atoms with Crippen LogP contribution < -0.4 is 11.3 Å². The maximum absolute atomic E-state index is 14.0. The number of aromatic nitrogens is 3. The maximum atomic E-state index is 14.0. The van der Waals surface area contributed by atoms with E-state index in [1.54, 1.807) is 23.0 Å². The molecule has 5 nitrogen and oxygen atoms in total. The standard InChI is InChI=1S/C15H14FN5/c16-12-7-4-9-18-14(12)15(20-17)13-8-10-19-21(13)11-5-2-1-3-6-11/h1-10,15,20H,17H2. The second-order valence-corrected chi connectivity index (χ2v) is 4.47. The van der Waals surface area contributed by atoms with Crippen molar-refractivity contribution in [2.45, 2.75) is 6.04 Å². The first kappa shape index (κ1) is 13.4. The summed E-state index contributed by atoms with van der Waals surface area (Å²) < 4.78 is 15.7. The van der Waals surface area contributed by atoms with Crippen LogP contribution in [0.1, 0.15) is 17.4 Å². The van der Waals surface area contributed by atoms with Gasteiger partial charge in [-0.05, 0) is 30.3 Å². The van der Waals surface area contributed by atoms with Crippen molar-refractivity contribution in [3.05, 3.63) is 78.1 Å². The summed E-state index contributed by atoms with van der Waals surface area (Å²) in [6.45, 7) is 0. The lowest BCUT2D eigenvalue weighted by molar-refractivity contribution is 0.527. The monoisotopic (exact) mass is 283 g/mol. The number of hydrazine groups is 1. The molecule has 0 aliphatic carbocycles. The van der Waals surface area contributed by atoms with Gasteiger partial charge in [-0.1, -0.05) is 18.2 Å². The third-order valence-electron chi connectivity index (χ3n) is 3.20. The van der Waals surface area contributed by atoms with Crippen LogP contribution in [0.3, 0.4) is 0 Å². The van der Waals surface area contributed by atoms with Crippen molar-refractivity contribution in [2.75, 3.05) is 0 Å². The lowest BCUT2D eigenvalue weighted by Crippen LogP contribution is -2.31. The number of nitrogens with one attached hydrogen (secondary N) is 1. The van der Waals surface area contributed by atoms with Gasteiger partial charge in [0.25, 0.3) is 0 Å². The Morgan fingerprint density at radius 3 is 2.57 bits per heavy atom. The first-order valence-electron chi connectivity index (χ1n) is 6.47. The van der Waals surface area contributed by atoms with E-state index in [2.05, 4.69) is 15.5 Å². The fraction of sp³-hybridized carbons (Fsp3) is 0.0667. The van der Waals surface area contributed by atoms with E-state index in [0.29, 0.717) is 5.69 Å². The highest BCUT2D eigenvalue weighted by atomic mass is 19.1. The highest BCUT2D eigenvalue weighted by Gasteiger charge is 2.22. The summed E-state index contributed by atoms with van der Waals surface area (Å²) in [5, 5.41) is 4.28. The smallest absolute Gasteiger partial charge is 0.146 e. The molecule has 0 saturated heterocycles. The lowest BCUT2D eigenvalue weighted by Gasteiger charge is -2.17. The van der Waals surface area contributed by atoms with Gasteiger partial charge in [-0.15, -0.1) is 0 Å². The number of halogens is 1. The van der Waals surface area contributed by atoms with Gasteiger partial charge in [0, 0.05) is 12.4 Å². The van der Waals surface area contributed by atoms with Crippen LogP contribution in [0.5, 0.6) is 0 Å². The molecule has 0 bridgehead atoms. The molecule has 0 fully saturated rings. The Balaban J connectivity index is 2.08. The van der Waals surface area contributed by atoms with E-state index in [9.17, 15) is 4.39 Å². The van der Waals surface area contributed by atoms with E-state index in [0.717, 1.165) is 5.69 Å². The van der Waals surface area contributed by atoms with Gasteiger partial charge in [0.1, 0.15) is 17.6 Å². The molecular weight excluding hydrogens is 269 g/mol. The summed E-state index contributed by atoms with van der Waals surface area (Å²) >= 11 is 0. The largest absolute Gasteiger partial charge is 0.270 e. The summed E-state index contributed by atoms with van der Waals surface area (Å²) in [5.74, 6) is 5.20. The maximum Gasteiger partial charge on any atom is 0.146 e. The molecule has 0 spiro atoms. The van der Waals surface area contributed by atoms with Crippen molar-refractivity contribution in [3.8, 4) is 5.69 Å². The number of para-hydroxylation sites is 1. The van der Waals surface area contributed by atoms with Crippen molar-refractivity contribution in [2.24, 2.45) is 5.84 Å². The third kappa shape index (κ3) is 2.54. The highest BCUT2D eigenvalue weighted by Crippen LogP contribution is 2.23. The zero-order valence-electron chi connectivity index (χ0n) is 11.1. The molecule has 2 heterocycles. The van der Waals surface area contributed by atoms with Crippen LogP contribution in [-0.2, 0) is 0 Å². The topological polar surface area (TPSA) is 68.8 Å². The Labute approximate surface area is 121 Å².